The molecule has 2 aliphatic rings. The third kappa shape index (κ3) is 3.82. The number of terminal acetylenes is 1. The van der Waals surface area contributed by atoms with Crippen LogP contribution in [-0.2, 0) is 0 Å². The molecule has 0 saturated heterocycles. The molecule has 1 aliphatic carbocycles. The number of hydrogen-bond donors (Lipinski definition) is 1. The van der Waals surface area contributed by atoms with E-state index in [-0.39, 0.29) is 17.4 Å². The first-order chi connectivity index (χ1) is 14.9. The highest BCUT2D eigenvalue weighted by atomic mass is 15.0. The van der Waals surface area contributed by atoms with E-state index in [1.54, 1.807) is 0 Å². The van der Waals surface area contributed by atoms with E-state index < -0.39 is 0 Å². The van der Waals surface area contributed by atoms with Crippen LogP contribution < -0.4 is 5.32 Å². The molecule has 1 nitrogen and oxygen atoms in total. The predicted molar refractivity (Wildman–Crippen MR) is 137 cm³/mol. The second-order valence-corrected chi connectivity index (χ2v) is 9.31. The summed E-state index contributed by atoms with van der Waals surface area (Å²) in [5, 5.41) is 3.97. The number of hydrogen-bond acceptors (Lipinski definition) is 1. The Kier molecular flexibility index (Phi) is 7.00. The SMILES string of the molecule is C#CC1=C(C=C(CC)CC)C(CCC)(CCC)C2Nc3cc(C(=C)C)ccc3C2C1=C. The van der Waals surface area contributed by atoms with Gasteiger partial charge in [0.15, 0.2) is 0 Å². The van der Waals surface area contributed by atoms with Gasteiger partial charge in [-0.3, -0.25) is 0 Å². The van der Waals surface area contributed by atoms with Gasteiger partial charge in [0, 0.05) is 28.6 Å². The van der Waals surface area contributed by atoms with Crippen molar-refractivity contribution in [1.29, 1.82) is 0 Å². The average Bonchev–Trinajstić information content (AvgIpc) is 3.15. The van der Waals surface area contributed by atoms with Gasteiger partial charge in [-0.15, -0.1) is 6.42 Å². The Hall–Kier alpha value is -2.46. The van der Waals surface area contributed by atoms with E-state index in [9.17, 15) is 0 Å². The second-order valence-electron chi connectivity index (χ2n) is 9.31. The van der Waals surface area contributed by atoms with Crippen molar-refractivity contribution in [3.05, 3.63) is 70.9 Å². The molecular formula is C30H39N. The molecule has 0 saturated carbocycles. The lowest BCUT2D eigenvalue weighted by molar-refractivity contribution is 0.233. The van der Waals surface area contributed by atoms with E-state index in [1.807, 2.05) is 0 Å². The van der Waals surface area contributed by atoms with E-state index in [0.29, 0.717) is 0 Å². The average molecular weight is 414 g/mol. The van der Waals surface area contributed by atoms with Crippen LogP contribution in [0.3, 0.4) is 0 Å². The minimum absolute atomic E-state index is 0.00899. The van der Waals surface area contributed by atoms with Gasteiger partial charge in [-0.25, -0.2) is 0 Å². The molecule has 1 heterocycles. The molecule has 1 aliphatic heterocycles. The van der Waals surface area contributed by atoms with Crippen molar-refractivity contribution in [3.8, 4) is 12.3 Å². The summed E-state index contributed by atoms with van der Waals surface area (Å²) in [7, 11) is 0. The van der Waals surface area contributed by atoms with Crippen molar-refractivity contribution in [2.24, 2.45) is 5.41 Å². The van der Waals surface area contributed by atoms with Crippen LogP contribution in [0, 0.1) is 17.8 Å². The highest BCUT2D eigenvalue weighted by Gasteiger charge is 2.53. The van der Waals surface area contributed by atoms with Gasteiger partial charge >= 0.3 is 0 Å². The zero-order valence-electron chi connectivity index (χ0n) is 20.2. The smallest absolute Gasteiger partial charge is 0.0468 e. The highest BCUT2D eigenvalue weighted by molar-refractivity contribution is 5.75. The fourth-order valence-electron chi connectivity index (χ4n) is 5.88. The summed E-state index contributed by atoms with van der Waals surface area (Å²) in [6, 6.07) is 7.01. The molecule has 2 unspecified atom stereocenters. The third-order valence-electron chi connectivity index (χ3n) is 7.42. The van der Waals surface area contributed by atoms with Crippen LogP contribution in [0.5, 0.6) is 0 Å². The van der Waals surface area contributed by atoms with Crippen LogP contribution >= 0.6 is 0 Å². The van der Waals surface area contributed by atoms with Crippen LogP contribution in [0.1, 0.15) is 90.2 Å². The van der Waals surface area contributed by atoms with Gasteiger partial charge in [0.05, 0.1) is 0 Å². The summed E-state index contributed by atoms with van der Waals surface area (Å²) in [5.74, 6) is 3.32. The predicted octanol–water partition coefficient (Wildman–Crippen LogP) is 8.43. The molecule has 0 amide bonds. The summed E-state index contributed by atoms with van der Waals surface area (Å²) in [5.41, 5.74) is 9.80. The first kappa shape index (κ1) is 23.2. The van der Waals surface area contributed by atoms with Gasteiger partial charge in [-0.05, 0) is 60.9 Å². The molecule has 1 N–H and O–H groups in total. The molecule has 2 atom stereocenters. The van der Waals surface area contributed by atoms with E-state index in [2.05, 4.69) is 83.3 Å². The Morgan fingerprint density at radius 2 is 1.81 bits per heavy atom. The van der Waals surface area contributed by atoms with Crippen molar-refractivity contribution in [2.75, 3.05) is 5.32 Å². The first-order valence-corrected chi connectivity index (χ1v) is 12.0. The van der Waals surface area contributed by atoms with Gasteiger partial charge in [-0.2, -0.15) is 0 Å². The van der Waals surface area contributed by atoms with Crippen molar-refractivity contribution >= 4 is 11.3 Å². The van der Waals surface area contributed by atoms with E-state index >= 15 is 0 Å². The van der Waals surface area contributed by atoms with Crippen molar-refractivity contribution < 1.29 is 0 Å². The minimum atomic E-state index is 0.00899. The number of fused-ring (bicyclic) bond motifs is 3. The van der Waals surface area contributed by atoms with Gasteiger partial charge in [0.2, 0.25) is 0 Å². The molecule has 0 fully saturated rings. The van der Waals surface area contributed by atoms with Crippen molar-refractivity contribution in [3.63, 3.8) is 0 Å². The van der Waals surface area contributed by atoms with E-state index in [4.69, 9.17) is 6.42 Å². The number of anilines is 1. The first-order valence-electron chi connectivity index (χ1n) is 12.0. The molecule has 0 radical (unpaired) electrons. The molecule has 0 bridgehead atoms. The van der Waals surface area contributed by atoms with E-state index in [1.165, 1.54) is 28.0 Å². The van der Waals surface area contributed by atoms with Crippen LogP contribution in [0.4, 0.5) is 5.69 Å². The Morgan fingerprint density at radius 1 is 1.16 bits per heavy atom. The van der Waals surface area contributed by atoms with Gasteiger partial charge in [-0.1, -0.05) is 89.0 Å². The van der Waals surface area contributed by atoms with Crippen LogP contribution in [0.2, 0.25) is 0 Å². The summed E-state index contributed by atoms with van der Waals surface area (Å²) < 4.78 is 0. The normalized spacial score (nSPS) is 21.1. The zero-order valence-corrected chi connectivity index (χ0v) is 20.2. The Labute approximate surface area is 190 Å². The highest BCUT2D eigenvalue weighted by Crippen LogP contribution is 2.59. The molecule has 1 aromatic rings. The Balaban J connectivity index is 2.28. The minimum Gasteiger partial charge on any atom is -0.380 e. The lowest BCUT2D eigenvalue weighted by Gasteiger charge is -2.48. The molecular weight excluding hydrogens is 374 g/mol. The number of rotatable bonds is 8. The topological polar surface area (TPSA) is 12.0 Å². The lowest BCUT2D eigenvalue weighted by atomic mass is 9.57. The van der Waals surface area contributed by atoms with Crippen LogP contribution in [0.25, 0.3) is 5.57 Å². The van der Waals surface area contributed by atoms with Crippen molar-refractivity contribution in [1.82, 2.24) is 0 Å². The quantitative estimate of drug-likeness (QED) is 0.422. The fraction of sp³-hybridized carbons (Fsp3) is 0.467. The molecule has 3 rings (SSSR count). The Morgan fingerprint density at radius 3 is 2.32 bits per heavy atom. The maximum atomic E-state index is 6.19. The van der Waals surface area contributed by atoms with Gasteiger partial charge < -0.3 is 5.32 Å². The maximum absolute atomic E-state index is 6.19. The standard InChI is InChI=1S/C30H39N/c1-9-16-30(17-10-2)26(18-22(11-3)12-4)24(13-5)21(8)28-25-15-14-23(20(6)7)19-27(25)31-29(28)30/h5,14-15,18-19,28-29,31H,6,8-12,16-17H2,1-4,7H3. The lowest BCUT2D eigenvalue weighted by Crippen LogP contribution is -2.46. The monoisotopic (exact) mass is 413 g/mol. The third-order valence-corrected chi connectivity index (χ3v) is 7.42. The largest absolute Gasteiger partial charge is 0.380 e. The number of allylic oxidation sites excluding steroid dienone is 4. The summed E-state index contributed by atoms with van der Waals surface area (Å²) in [6.07, 6.45) is 15.3. The van der Waals surface area contributed by atoms with Gasteiger partial charge in [0.25, 0.3) is 0 Å². The number of benzene rings is 1. The molecule has 0 spiro atoms. The Bertz CT molecular complexity index is 966. The van der Waals surface area contributed by atoms with Crippen LogP contribution in [0.15, 0.2) is 59.7 Å². The second kappa shape index (κ2) is 9.35. The molecule has 164 valence electrons. The number of nitrogens with one attached hydrogen (secondary N) is 1. The van der Waals surface area contributed by atoms with E-state index in [0.717, 1.165) is 55.2 Å². The van der Waals surface area contributed by atoms with Crippen LogP contribution in [-0.4, -0.2) is 6.04 Å². The summed E-state index contributed by atoms with van der Waals surface area (Å²) in [6.45, 7) is 19.9. The maximum Gasteiger partial charge on any atom is 0.0468 e. The van der Waals surface area contributed by atoms with Crippen molar-refractivity contribution in [2.45, 2.75) is 85.1 Å². The molecule has 1 heteroatoms. The zero-order chi connectivity index (χ0) is 22.8. The molecule has 0 aromatic heterocycles. The fourth-order valence-corrected chi connectivity index (χ4v) is 5.88. The molecule has 31 heavy (non-hydrogen) atoms. The molecule has 1 aromatic carbocycles. The summed E-state index contributed by atoms with van der Waals surface area (Å²) in [4.78, 5) is 0. The van der Waals surface area contributed by atoms with Gasteiger partial charge in [0.1, 0.15) is 0 Å². The summed E-state index contributed by atoms with van der Waals surface area (Å²) >= 11 is 0.